The molecule has 0 aliphatic heterocycles. The van der Waals surface area contributed by atoms with Gasteiger partial charge < -0.3 is 9.88 Å². The van der Waals surface area contributed by atoms with E-state index >= 15 is 0 Å². The van der Waals surface area contributed by atoms with Crippen LogP contribution in [0.15, 0.2) is 66.3 Å². The fraction of sp³-hybridized carbons (Fsp3) is 0.292. The molecule has 0 aliphatic rings. The molecule has 0 saturated heterocycles. The van der Waals surface area contributed by atoms with E-state index in [9.17, 15) is 4.79 Å². The maximum atomic E-state index is 12.5. The van der Waals surface area contributed by atoms with Crippen LogP contribution < -0.4 is 5.32 Å². The van der Waals surface area contributed by atoms with Crippen LogP contribution in [0.2, 0.25) is 0 Å². The lowest BCUT2D eigenvalue weighted by atomic mass is 10.1. The summed E-state index contributed by atoms with van der Waals surface area (Å²) in [5, 5.41) is 12.4. The molecule has 1 aromatic heterocycles. The maximum absolute atomic E-state index is 12.5. The standard InChI is InChI=1S/C24H28N4OS2/c1-4-14-28-22(16-30-15-19-12-10-18(3)11-13-19)26-27-24(28)31-17-23(29)25-21-9-7-6-8-20(21)5-2/h4,6-13H,1,5,14-17H2,2-3H3,(H,25,29). The van der Waals surface area contributed by atoms with Gasteiger partial charge in [0.15, 0.2) is 5.16 Å². The Morgan fingerprint density at radius 3 is 2.65 bits per heavy atom. The van der Waals surface area contributed by atoms with Gasteiger partial charge in [-0.15, -0.1) is 28.5 Å². The molecule has 31 heavy (non-hydrogen) atoms. The number of para-hydroxylation sites is 1. The molecule has 0 bridgehead atoms. The van der Waals surface area contributed by atoms with E-state index in [1.54, 1.807) is 11.8 Å². The van der Waals surface area contributed by atoms with Crippen molar-refractivity contribution in [2.24, 2.45) is 0 Å². The van der Waals surface area contributed by atoms with Gasteiger partial charge >= 0.3 is 0 Å². The van der Waals surface area contributed by atoms with Crippen LogP contribution in [-0.2, 0) is 29.3 Å². The zero-order valence-corrected chi connectivity index (χ0v) is 19.6. The molecule has 1 amide bonds. The first-order valence-corrected chi connectivity index (χ1v) is 12.4. The first kappa shape index (κ1) is 23.2. The summed E-state index contributed by atoms with van der Waals surface area (Å²) in [5.74, 6) is 2.81. The normalized spacial score (nSPS) is 10.8. The molecule has 0 saturated carbocycles. The zero-order valence-electron chi connectivity index (χ0n) is 18.0. The van der Waals surface area contributed by atoms with Crippen molar-refractivity contribution in [2.45, 2.75) is 43.5 Å². The van der Waals surface area contributed by atoms with E-state index in [2.05, 4.69) is 60.2 Å². The van der Waals surface area contributed by atoms with Gasteiger partial charge in [-0.25, -0.2) is 0 Å². The molecule has 3 aromatic rings. The lowest BCUT2D eigenvalue weighted by Gasteiger charge is -2.10. The number of aryl methyl sites for hydroxylation is 2. The Bertz CT molecular complexity index is 1010. The number of hydrogen-bond donors (Lipinski definition) is 1. The average Bonchev–Trinajstić information content (AvgIpc) is 3.16. The van der Waals surface area contributed by atoms with Crippen LogP contribution in [0.5, 0.6) is 0 Å². The van der Waals surface area contributed by atoms with Gasteiger partial charge in [-0.3, -0.25) is 4.79 Å². The van der Waals surface area contributed by atoms with Gasteiger partial charge in [0, 0.05) is 18.0 Å². The highest BCUT2D eigenvalue weighted by Crippen LogP contribution is 2.23. The summed E-state index contributed by atoms with van der Waals surface area (Å²) < 4.78 is 2.03. The molecule has 0 unspecified atom stereocenters. The molecule has 1 N–H and O–H groups in total. The molecule has 2 aromatic carbocycles. The molecule has 162 valence electrons. The van der Waals surface area contributed by atoms with E-state index in [0.29, 0.717) is 6.54 Å². The highest BCUT2D eigenvalue weighted by Gasteiger charge is 2.14. The van der Waals surface area contributed by atoms with Crippen LogP contribution in [0, 0.1) is 6.92 Å². The van der Waals surface area contributed by atoms with E-state index in [4.69, 9.17) is 0 Å². The van der Waals surface area contributed by atoms with Crippen molar-refractivity contribution in [3.63, 3.8) is 0 Å². The molecule has 0 radical (unpaired) electrons. The fourth-order valence-corrected chi connectivity index (χ4v) is 4.75. The fourth-order valence-electron chi connectivity index (χ4n) is 3.06. The first-order chi connectivity index (χ1) is 15.1. The van der Waals surface area contributed by atoms with Crippen LogP contribution in [0.25, 0.3) is 0 Å². The molecule has 0 fully saturated rings. The summed E-state index contributed by atoms with van der Waals surface area (Å²) >= 11 is 3.20. The maximum Gasteiger partial charge on any atom is 0.234 e. The van der Waals surface area contributed by atoms with Crippen molar-refractivity contribution in [3.05, 3.63) is 83.7 Å². The minimum Gasteiger partial charge on any atom is -0.325 e. The summed E-state index contributed by atoms with van der Waals surface area (Å²) in [6.45, 7) is 8.65. The number of nitrogens with zero attached hydrogens (tertiary/aromatic N) is 3. The number of hydrogen-bond acceptors (Lipinski definition) is 5. The van der Waals surface area contributed by atoms with E-state index in [1.165, 1.54) is 22.9 Å². The average molecular weight is 453 g/mol. The van der Waals surface area contributed by atoms with E-state index < -0.39 is 0 Å². The predicted molar refractivity (Wildman–Crippen MR) is 132 cm³/mol. The van der Waals surface area contributed by atoms with Crippen LogP contribution in [0.1, 0.15) is 29.4 Å². The molecule has 3 rings (SSSR count). The highest BCUT2D eigenvalue weighted by molar-refractivity contribution is 7.99. The molecule has 5 nitrogen and oxygen atoms in total. The summed E-state index contributed by atoms with van der Waals surface area (Å²) in [5.41, 5.74) is 4.56. The molecule has 1 heterocycles. The number of aromatic nitrogens is 3. The van der Waals surface area contributed by atoms with Crippen LogP contribution in [0.4, 0.5) is 5.69 Å². The zero-order chi connectivity index (χ0) is 22.1. The number of rotatable bonds is 11. The third-order valence-electron chi connectivity index (χ3n) is 4.73. The molecular formula is C24H28N4OS2. The summed E-state index contributed by atoms with van der Waals surface area (Å²) in [6.07, 6.45) is 2.71. The van der Waals surface area contributed by atoms with E-state index in [0.717, 1.165) is 40.2 Å². The van der Waals surface area contributed by atoms with E-state index in [-0.39, 0.29) is 11.7 Å². The molecule has 7 heteroatoms. The van der Waals surface area contributed by atoms with Gasteiger partial charge in [-0.1, -0.05) is 72.8 Å². The van der Waals surface area contributed by atoms with Gasteiger partial charge in [-0.05, 0) is 30.5 Å². The highest BCUT2D eigenvalue weighted by atomic mass is 32.2. The molecule has 0 atom stereocenters. The predicted octanol–water partition coefficient (Wildman–Crippen LogP) is 5.50. The first-order valence-electron chi connectivity index (χ1n) is 10.3. The number of carbonyl (C=O) groups excluding carboxylic acids is 1. The van der Waals surface area contributed by atoms with Gasteiger partial charge in [0.1, 0.15) is 5.82 Å². The second kappa shape index (κ2) is 11.8. The molecule has 0 aliphatic carbocycles. The number of nitrogens with one attached hydrogen (secondary N) is 1. The van der Waals surface area contributed by atoms with Crippen LogP contribution in [0.3, 0.4) is 0 Å². The van der Waals surface area contributed by atoms with Crippen molar-refractivity contribution in [1.29, 1.82) is 0 Å². The van der Waals surface area contributed by atoms with Gasteiger partial charge in [0.25, 0.3) is 0 Å². The smallest absolute Gasteiger partial charge is 0.234 e. The largest absolute Gasteiger partial charge is 0.325 e. The Balaban J connectivity index is 1.57. The minimum absolute atomic E-state index is 0.0469. The molecular weight excluding hydrogens is 424 g/mol. The SMILES string of the molecule is C=CCn1c(CSCc2ccc(C)cc2)nnc1SCC(=O)Nc1ccccc1CC. The Morgan fingerprint density at radius 1 is 1.13 bits per heavy atom. The number of amides is 1. The number of anilines is 1. The number of allylic oxidation sites excluding steroid dienone is 1. The third kappa shape index (κ3) is 6.74. The Kier molecular flexibility index (Phi) is 8.79. The quantitative estimate of drug-likeness (QED) is 0.307. The van der Waals surface area contributed by atoms with E-state index in [1.807, 2.05) is 34.9 Å². The summed E-state index contributed by atoms with van der Waals surface area (Å²) in [4.78, 5) is 12.5. The van der Waals surface area contributed by atoms with Crippen molar-refractivity contribution in [1.82, 2.24) is 14.8 Å². The minimum atomic E-state index is -0.0469. The Labute approximate surface area is 192 Å². The van der Waals surface area contributed by atoms with Gasteiger partial charge in [0.05, 0.1) is 11.5 Å². The third-order valence-corrected chi connectivity index (χ3v) is 6.70. The number of carbonyl (C=O) groups is 1. The van der Waals surface area contributed by atoms with Gasteiger partial charge in [0.2, 0.25) is 5.91 Å². The van der Waals surface area contributed by atoms with Crippen molar-refractivity contribution >= 4 is 35.1 Å². The lowest BCUT2D eigenvalue weighted by Crippen LogP contribution is -2.16. The number of thioether (sulfide) groups is 2. The lowest BCUT2D eigenvalue weighted by molar-refractivity contribution is -0.113. The summed E-state index contributed by atoms with van der Waals surface area (Å²) in [6, 6.07) is 16.5. The second-order valence-electron chi connectivity index (χ2n) is 7.12. The number of benzene rings is 2. The van der Waals surface area contributed by atoms with Crippen LogP contribution >= 0.6 is 23.5 Å². The Morgan fingerprint density at radius 2 is 1.90 bits per heavy atom. The van der Waals surface area contributed by atoms with Crippen molar-refractivity contribution < 1.29 is 4.79 Å². The molecule has 0 spiro atoms. The van der Waals surface area contributed by atoms with Crippen molar-refractivity contribution in [2.75, 3.05) is 11.1 Å². The monoisotopic (exact) mass is 452 g/mol. The van der Waals surface area contributed by atoms with Crippen LogP contribution in [-0.4, -0.2) is 26.4 Å². The Hall–Kier alpha value is -2.51. The second-order valence-corrected chi connectivity index (χ2v) is 9.05. The van der Waals surface area contributed by atoms with Crippen molar-refractivity contribution in [3.8, 4) is 0 Å². The summed E-state index contributed by atoms with van der Waals surface area (Å²) in [7, 11) is 0. The topological polar surface area (TPSA) is 59.8 Å². The van der Waals surface area contributed by atoms with Gasteiger partial charge in [-0.2, -0.15) is 0 Å².